The topological polar surface area (TPSA) is 0 Å². The van der Waals surface area contributed by atoms with Crippen molar-refractivity contribution in [3.63, 3.8) is 0 Å². The minimum absolute atomic E-state index is 0.334. The molecule has 1 unspecified atom stereocenters. The second kappa shape index (κ2) is 3.46. The molecule has 1 atom stereocenters. The lowest BCUT2D eigenvalue weighted by atomic mass is 10.1. The molecular weight excluding hydrogens is 316 g/mol. The third-order valence-corrected chi connectivity index (χ3v) is 4.29. The number of hydrogen-bond acceptors (Lipinski definition) is 0. The van der Waals surface area contributed by atoms with Crippen LogP contribution in [0.1, 0.15) is 16.0 Å². The maximum Gasteiger partial charge on any atom is 0.0656 e. The molecule has 0 spiro atoms. The summed E-state index contributed by atoms with van der Waals surface area (Å²) in [7, 11) is 0. The summed E-state index contributed by atoms with van der Waals surface area (Å²) in [5, 5.41) is 0. The van der Waals surface area contributed by atoms with Crippen LogP contribution in [-0.4, -0.2) is 0 Å². The molecule has 2 heteroatoms. The van der Waals surface area contributed by atoms with Crippen LogP contribution in [0.2, 0.25) is 0 Å². The highest BCUT2D eigenvalue weighted by Crippen LogP contribution is 2.48. The molecule has 0 amide bonds. The van der Waals surface area contributed by atoms with E-state index in [0.717, 1.165) is 4.47 Å². The largest absolute Gasteiger partial charge is 0.0786 e. The molecule has 1 aliphatic carbocycles. The van der Waals surface area contributed by atoms with E-state index in [9.17, 15) is 0 Å². The molecular formula is C13H8Br2. The van der Waals surface area contributed by atoms with Crippen molar-refractivity contribution in [2.75, 3.05) is 0 Å². The predicted molar refractivity (Wildman–Crippen MR) is 70.3 cm³/mol. The van der Waals surface area contributed by atoms with Crippen LogP contribution in [0.5, 0.6) is 0 Å². The van der Waals surface area contributed by atoms with E-state index in [2.05, 4.69) is 74.3 Å². The molecule has 3 rings (SSSR count). The van der Waals surface area contributed by atoms with E-state index in [1.54, 1.807) is 0 Å². The number of fused-ring (bicyclic) bond motifs is 3. The van der Waals surface area contributed by atoms with Crippen molar-refractivity contribution in [2.45, 2.75) is 4.83 Å². The number of halogens is 2. The molecule has 0 saturated carbocycles. The first-order chi connectivity index (χ1) is 7.27. The van der Waals surface area contributed by atoms with Crippen molar-refractivity contribution in [1.82, 2.24) is 0 Å². The van der Waals surface area contributed by atoms with Crippen molar-refractivity contribution >= 4 is 31.9 Å². The summed E-state index contributed by atoms with van der Waals surface area (Å²) in [4.78, 5) is 0.334. The van der Waals surface area contributed by atoms with Crippen LogP contribution in [0.25, 0.3) is 11.1 Å². The molecule has 0 fully saturated rings. The van der Waals surface area contributed by atoms with Crippen LogP contribution in [0.3, 0.4) is 0 Å². The molecule has 0 saturated heterocycles. The number of hydrogen-bond donors (Lipinski definition) is 0. The Labute approximate surface area is 106 Å². The van der Waals surface area contributed by atoms with Crippen LogP contribution < -0.4 is 0 Å². The van der Waals surface area contributed by atoms with Crippen LogP contribution in [-0.2, 0) is 0 Å². The van der Waals surface area contributed by atoms with Gasteiger partial charge in [0.15, 0.2) is 0 Å². The molecule has 2 aromatic rings. The van der Waals surface area contributed by atoms with E-state index >= 15 is 0 Å². The first-order valence-electron chi connectivity index (χ1n) is 4.80. The second-order valence-electron chi connectivity index (χ2n) is 3.68. The van der Waals surface area contributed by atoms with Gasteiger partial charge in [0.25, 0.3) is 0 Å². The number of rotatable bonds is 0. The minimum Gasteiger partial charge on any atom is -0.0786 e. The van der Waals surface area contributed by atoms with E-state index in [1.165, 1.54) is 22.3 Å². The maximum atomic E-state index is 3.75. The predicted octanol–water partition coefficient (Wildman–Crippen LogP) is 4.91. The first-order valence-corrected chi connectivity index (χ1v) is 6.51. The standard InChI is InChI=1S/C13H8Br2/c14-8-5-6-10-9-3-1-2-4-11(9)13(15)12(10)7-8/h1-7,13H. The average molecular weight is 324 g/mol. The SMILES string of the molecule is Brc1ccc2c(c1)C(Br)c1ccccc1-2. The summed E-state index contributed by atoms with van der Waals surface area (Å²) < 4.78 is 1.14. The number of benzene rings is 2. The van der Waals surface area contributed by atoms with Crippen LogP contribution in [0.4, 0.5) is 0 Å². The van der Waals surface area contributed by atoms with Gasteiger partial charge in [0.1, 0.15) is 0 Å². The highest BCUT2D eigenvalue weighted by molar-refractivity contribution is 9.10. The molecule has 0 radical (unpaired) electrons. The molecule has 0 heterocycles. The summed E-state index contributed by atoms with van der Waals surface area (Å²) in [6.07, 6.45) is 0. The fraction of sp³-hybridized carbons (Fsp3) is 0.0769. The van der Waals surface area contributed by atoms with Crippen molar-refractivity contribution in [2.24, 2.45) is 0 Å². The zero-order valence-electron chi connectivity index (χ0n) is 7.87. The normalized spacial score (nSPS) is 17.3. The Morgan fingerprint density at radius 1 is 0.867 bits per heavy atom. The van der Waals surface area contributed by atoms with Gasteiger partial charge in [-0.1, -0.05) is 62.2 Å². The van der Waals surface area contributed by atoms with Gasteiger partial charge in [0.2, 0.25) is 0 Å². The van der Waals surface area contributed by atoms with Gasteiger partial charge in [-0.25, -0.2) is 0 Å². The van der Waals surface area contributed by atoms with Crippen LogP contribution in [0, 0.1) is 0 Å². The van der Waals surface area contributed by atoms with E-state index in [-0.39, 0.29) is 0 Å². The van der Waals surface area contributed by atoms with E-state index in [0.29, 0.717) is 4.83 Å². The highest BCUT2D eigenvalue weighted by atomic mass is 79.9. The Bertz CT molecular complexity index is 532. The lowest BCUT2D eigenvalue weighted by Gasteiger charge is -2.03. The van der Waals surface area contributed by atoms with Gasteiger partial charge in [0, 0.05) is 4.47 Å². The van der Waals surface area contributed by atoms with Gasteiger partial charge < -0.3 is 0 Å². The van der Waals surface area contributed by atoms with Crippen molar-refractivity contribution < 1.29 is 0 Å². The van der Waals surface area contributed by atoms with E-state index in [4.69, 9.17) is 0 Å². The van der Waals surface area contributed by atoms with E-state index < -0.39 is 0 Å². The highest BCUT2D eigenvalue weighted by Gasteiger charge is 2.25. The molecule has 15 heavy (non-hydrogen) atoms. The Hall–Kier alpha value is -0.600. The van der Waals surface area contributed by atoms with Crippen molar-refractivity contribution in [3.05, 3.63) is 58.1 Å². The van der Waals surface area contributed by atoms with Crippen molar-refractivity contribution in [1.29, 1.82) is 0 Å². The zero-order valence-corrected chi connectivity index (χ0v) is 11.0. The fourth-order valence-corrected chi connectivity index (χ4v) is 3.28. The Balaban J connectivity index is 2.32. The lowest BCUT2D eigenvalue weighted by Crippen LogP contribution is -1.84. The molecule has 0 aromatic heterocycles. The molecule has 1 aliphatic rings. The molecule has 2 aromatic carbocycles. The monoisotopic (exact) mass is 322 g/mol. The molecule has 74 valence electrons. The summed E-state index contributed by atoms with van der Waals surface area (Å²) in [6.45, 7) is 0. The first kappa shape index (κ1) is 9.61. The average Bonchev–Trinajstić information content (AvgIpc) is 2.54. The smallest absolute Gasteiger partial charge is 0.0656 e. The summed E-state index contributed by atoms with van der Waals surface area (Å²) in [5.41, 5.74) is 5.41. The quantitative estimate of drug-likeness (QED) is 0.604. The minimum atomic E-state index is 0.334. The molecule has 0 N–H and O–H groups in total. The molecule has 0 nitrogen and oxygen atoms in total. The Kier molecular flexibility index (Phi) is 2.22. The third kappa shape index (κ3) is 1.39. The summed E-state index contributed by atoms with van der Waals surface area (Å²) >= 11 is 7.27. The Morgan fingerprint density at radius 3 is 2.47 bits per heavy atom. The van der Waals surface area contributed by atoms with E-state index in [1.807, 2.05) is 0 Å². The van der Waals surface area contributed by atoms with Gasteiger partial charge >= 0.3 is 0 Å². The van der Waals surface area contributed by atoms with Gasteiger partial charge in [-0.05, 0) is 34.4 Å². The Morgan fingerprint density at radius 2 is 1.60 bits per heavy atom. The van der Waals surface area contributed by atoms with Crippen LogP contribution in [0.15, 0.2) is 46.9 Å². The summed E-state index contributed by atoms with van der Waals surface area (Å²) in [6, 6.07) is 15.0. The maximum absolute atomic E-state index is 3.75. The third-order valence-electron chi connectivity index (χ3n) is 2.81. The van der Waals surface area contributed by atoms with Gasteiger partial charge in [-0.2, -0.15) is 0 Å². The molecule has 0 aliphatic heterocycles. The van der Waals surface area contributed by atoms with Gasteiger partial charge in [-0.3, -0.25) is 0 Å². The number of alkyl halides is 1. The lowest BCUT2D eigenvalue weighted by molar-refractivity contribution is 1.24. The zero-order chi connectivity index (χ0) is 10.4. The molecule has 0 bridgehead atoms. The van der Waals surface area contributed by atoms with Gasteiger partial charge in [0.05, 0.1) is 4.83 Å². The van der Waals surface area contributed by atoms with Gasteiger partial charge in [-0.15, -0.1) is 0 Å². The summed E-state index contributed by atoms with van der Waals surface area (Å²) in [5.74, 6) is 0. The van der Waals surface area contributed by atoms with Crippen LogP contribution >= 0.6 is 31.9 Å². The second-order valence-corrected chi connectivity index (χ2v) is 5.51. The fourth-order valence-electron chi connectivity index (χ4n) is 2.12. The van der Waals surface area contributed by atoms with Crippen molar-refractivity contribution in [3.8, 4) is 11.1 Å².